The molecule has 1 amide bonds. The summed E-state index contributed by atoms with van der Waals surface area (Å²) in [6.45, 7) is 9.06. The number of thiophene rings is 1. The molecule has 5 heteroatoms. The molecule has 1 fully saturated rings. The molecule has 1 atom stereocenters. The summed E-state index contributed by atoms with van der Waals surface area (Å²) < 4.78 is 5.50. The van der Waals surface area contributed by atoms with Crippen LogP contribution in [0.3, 0.4) is 0 Å². The molecule has 1 aliphatic rings. The lowest BCUT2D eigenvalue weighted by Gasteiger charge is -2.53. The molecule has 0 saturated carbocycles. The van der Waals surface area contributed by atoms with Gasteiger partial charge in [0, 0.05) is 18.0 Å². The highest BCUT2D eigenvalue weighted by molar-refractivity contribution is 7.10. The van der Waals surface area contributed by atoms with Gasteiger partial charge >= 0.3 is 0 Å². The van der Waals surface area contributed by atoms with Crippen molar-refractivity contribution in [2.24, 2.45) is 5.41 Å². The second-order valence-electron chi connectivity index (χ2n) is 7.17. The van der Waals surface area contributed by atoms with Crippen molar-refractivity contribution < 1.29 is 9.53 Å². The van der Waals surface area contributed by atoms with Gasteiger partial charge in [-0.2, -0.15) is 0 Å². The van der Waals surface area contributed by atoms with E-state index in [1.807, 2.05) is 31.2 Å². The van der Waals surface area contributed by atoms with Crippen molar-refractivity contribution in [2.75, 3.05) is 19.7 Å². The highest BCUT2D eigenvalue weighted by Gasteiger charge is 2.47. The Morgan fingerprint density at radius 1 is 1.36 bits per heavy atom. The number of nitrogens with zero attached hydrogens (tertiary/aromatic N) is 1. The highest BCUT2D eigenvalue weighted by Crippen LogP contribution is 2.49. The van der Waals surface area contributed by atoms with Gasteiger partial charge in [-0.1, -0.05) is 32.0 Å². The van der Waals surface area contributed by atoms with Crippen LogP contribution in [0, 0.1) is 5.41 Å². The average molecular weight is 359 g/mol. The Morgan fingerprint density at radius 3 is 2.88 bits per heavy atom. The predicted molar refractivity (Wildman–Crippen MR) is 102 cm³/mol. The van der Waals surface area contributed by atoms with Crippen LogP contribution in [-0.4, -0.2) is 30.5 Å². The molecule has 25 heavy (non-hydrogen) atoms. The van der Waals surface area contributed by atoms with Crippen LogP contribution in [0.1, 0.15) is 37.3 Å². The van der Waals surface area contributed by atoms with E-state index >= 15 is 0 Å². The lowest BCUT2D eigenvalue weighted by Crippen LogP contribution is -2.57. The van der Waals surface area contributed by atoms with Crippen LogP contribution >= 0.6 is 11.3 Å². The minimum atomic E-state index is 0.0684. The third kappa shape index (κ3) is 4.22. The Labute approximate surface area is 153 Å². The van der Waals surface area contributed by atoms with Crippen LogP contribution < -0.4 is 10.1 Å². The number of rotatable bonds is 7. The topological polar surface area (TPSA) is 41.6 Å². The minimum Gasteiger partial charge on any atom is -0.494 e. The quantitative estimate of drug-likeness (QED) is 0.817. The number of carbonyl (C=O) groups is 1. The van der Waals surface area contributed by atoms with Gasteiger partial charge in [-0.3, -0.25) is 9.69 Å². The standard InChI is InChI=1S/C20H26N2O2S/c1-4-24-16-8-5-7-15(11-16)12-21-18(23)13-22-14-20(2,3)19(22)17-9-6-10-25-17/h5-11,19H,4,12-14H2,1-3H3,(H,21,23). The molecule has 1 aliphatic heterocycles. The Morgan fingerprint density at radius 2 is 2.20 bits per heavy atom. The van der Waals surface area contributed by atoms with E-state index in [0.29, 0.717) is 25.7 Å². The first-order chi connectivity index (χ1) is 12.0. The van der Waals surface area contributed by atoms with Crippen LogP contribution in [0.5, 0.6) is 5.75 Å². The SMILES string of the molecule is CCOc1cccc(CNC(=O)CN2CC(C)(C)C2c2cccs2)c1. The summed E-state index contributed by atoms with van der Waals surface area (Å²) in [7, 11) is 0. The molecule has 0 bridgehead atoms. The molecule has 2 aromatic rings. The van der Waals surface area contributed by atoms with Crippen LogP contribution in [0.25, 0.3) is 0 Å². The summed E-state index contributed by atoms with van der Waals surface area (Å²) in [4.78, 5) is 16.0. The van der Waals surface area contributed by atoms with Crippen LogP contribution in [0.2, 0.25) is 0 Å². The summed E-state index contributed by atoms with van der Waals surface area (Å²) in [6.07, 6.45) is 0. The van der Waals surface area contributed by atoms with Crippen molar-refractivity contribution in [3.63, 3.8) is 0 Å². The van der Waals surface area contributed by atoms with Crippen LogP contribution in [0.15, 0.2) is 41.8 Å². The summed E-state index contributed by atoms with van der Waals surface area (Å²) in [5, 5.41) is 5.13. The van der Waals surface area contributed by atoms with Crippen molar-refractivity contribution in [2.45, 2.75) is 33.4 Å². The average Bonchev–Trinajstić information content (AvgIpc) is 3.06. The molecule has 3 rings (SSSR count). The number of ether oxygens (including phenoxy) is 1. The second kappa shape index (κ2) is 7.58. The number of nitrogens with one attached hydrogen (secondary N) is 1. The van der Waals surface area contributed by atoms with Gasteiger partial charge in [-0.05, 0) is 41.5 Å². The lowest BCUT2D eigenvalue weighted by molar-refractivity contribution is -0.129. The van der Waals surface area contributed by atoms with E-state index in [9.17, 15) is 4.79 Å². The molecule has 1 aromatic heterocycles. The van der Waals surface area contributed by atoms with Gasteiger partial charge in [0.1, 0.15) is 5.75 Å². The van der Waals surface area contributed by atoms with E-state index in [1.165, 1.54) is 4.88 Å². The van der Waals surface area contributed by atoms with Crippen LogP contribution in [0.4, 0.5) is 0 Å². The van der Waals surface area contributed by atoms with E-state index in [2.05, 4.69) is 41.6 Å². The maximum atomic E-state index is 12.4. The third-order valence-corrected chi connectivity index (χ3v) is 5.50. The molecule has 1 saturated heterocycles. The normalized spacial score (nSPS) is 19.2. The Hall–Kier alpha value is -1.85. The fourth-order valence-corrected chi connectivity index (χ4v) is 4.66. The van der Waals surface area contributed by atoms with Crippen molar-refractivity contribution >= 4 is 17.2 Å². The zero-order valence-corrected chi connectivity index (χ0v) is 15.9. The summed E-state index contributed by atoms with van der Waals surface area (Å²) in [5.74, 6) is 0.912. The van der Waals surface area contributed by atoms with Gasteiger partial charge in [0.05, 0.1) is 19.2 Å². The fraction of sp³-hybridized carbons (Fsp3) is 0.450. The molecular formula is C20H26N2O2S. The number of hydrogen-bond acceptors (Lipinski definition) is 4. The van der Waals surface area contributed by atoms with Gasteiger partial charge in [0.15, 0.2) is 0 Å². The maximum Gasteiger partial charge on any atom is 0.234 e. The molecule has 0 spiro atoms. The smallest absolute Gasteiger partial charge is 0.234 e. The molecular weight excluding hydrogens is 332 g/mol. The molecule has 1 N–H and O–H groups in total. The van der Waals surface area contributed by atoms with E-state index in [-0.39, 0.29) is 11.3 Å². The van der Waals surface area contributed by atoms with Crippen molar-refractivity contribution in [3.8, 4) is 5.75 Å². The molecule has 4 nitrogen and oxygen atoms in total. The molecule has 0 aliphatic carbocycles. The molecule has 2 heterocycles. The minimum absolute atomic E-state index is 0.0684. The molecule has 1 unspecified atom stereocenters. The van der Waals surface area contributed by atoms with E-state index in [1.54, 1.807) is 11.3 Å². The summed E-state index contributed by atoms with van der Waals surface area (Å²) in [6, 6.07) is 12.5. The van der Waals surface area contributed by atoms with Crippen LogP contribution in [-0.2, 0) is 11.3 Å². The van der Waals surface area contributed by atoms with Gasteiger partial charge in [0.25, 0.3) is 0 Å². The molecule has 0 radical (unpaired) electrons. The number of hydrogen-bond donors (Lipinski definition) is 1. The third-order valence-electron chi connectivity index (χ3n) is 4.57. The number of amides is 1. The molecule has 1 aromatic carbocycles. The molecule has 134 valence electrons. The monoisotopic (exact) mass is 358 g/mol. The maximum absolute atomic E-state index is 12.4. The number of carbonyl (C=O) groups excluding carboxylic acids is 1. The number of benzene rings is 1. The zero-order chi connectivity index (χ0) is 17.9. The first-order valence-electron chi connectivity index (χ1n) is 8.75. The fourth-order valence-electron chi connectivity index (χ4n) is 3.60. The first-order valence-corrected chi connectivity index (χ1v) is 9.63. The van der Waals surface area contributed by atoms with Gasteiger partial charge in [-0.25, -0.2) is 0 Å². The first kappa shape index (κ1) is 18.0. The van der Waals surface area contributed by atoms with Crippen molar-refractivity contribution in [1.82, 2.24) is 10.2 Å². The summed E-state index contributed by atoms with van der Waals surface area (Å²) in [5.41, 5.74) is 1.27. The van der Waals surface area contributed by atoms with E-state index < -0.39 is 0 Å². The van der Waals surface area contributed by atoms with Gasteiger partial charge < -0.3 is 10.1 Å². The largest absolute Gasteiger partial charge is 0.494 e. The van der Waals surface area contributed by atoms with E-state index in [4.69, 9.17) is 4.74 Å². The predicted octanol–water partition coefficient (Wildman–Crippen LogP) is 3.85. The van der Waals surface area contributed by atoms with E-state index in [0.717, 1.165) is 17.9 Å². The van der Waals surface area contributed by atoms with Gasteiger partial charge in [0.2, 0.25) is 5.91 Å². The Balaban J connectivity index is 1.54. The second-order valence-corrected chi connectivity index (χ2v) is 8.15. The number of likely N-dealkylation sites (tertiary alicyclic amines) is 1. The zero-order valence-electron chi connectivity index (χ0n) is 15.1. The van der Waals surface area contributed by atoms with Crippen molar-refractivity contribution in [3.05, 3.63) is 52.2 Å². The van der Waals surface area contributed by atoms with Crippen molar-refractivity contribution in [1.29, 1.82) is 0 Å². The highest BCUT2D eigenvalue weighted by atomic mass is 32.1. The summed E-state index contributed by atoms with van der Waals surface area (Å²) >= 11 is 1.77. The Bertz CT molecular complexity index is 712. The Kier molecular flexibility index (Phi) is 5.45. The lowest BCUT2D eigenvalue weighted by atomic mass is 9.74. The van der Waals surface area contributed by atoms with Gasteiger partial charge in [-0.15, -0.1) is 11.3 Å².